The van der Waals surface area contributed by atoms with E-state index in [-0.39, 0.29) is 23.5 Å². The molecule has 1 aliphatic rings. The van der Waals surface area contributed by atoms with Gasteiger partial charge < -0.3 is 9.42 Å². The number of hydrogen-bond donors (Lipinski definition) is 0. The van der Waals surface area contributed by atoms with Gasteiger partial charge in [0.25, 0.3) is 5.91 Å². The van der Waals surface area contributed by atoms with E-state index < -0.39 is 0 Å². The van der Waals surface area contributed by atoms with Gasteiger partial charge in [-0.3, -0.25) is 4.79 Å². The molecule has 1 saturated heterocycles. The molecule has 3 heterocycles. The van der Waals surface area contributed by atoms with Gasteiger partial charge in [0.2, 0.25) is 11.7 Å². The summed E-state index contributed by atoms with van der Waals surface area (Å²) in [6.45, 7) is 3.13. The summed E-state index contributed by atoms with van der Waals surface area (Å²) in [6.07, 6.45) is 2.45. The number of carbonyl (C=O) groups is 1. The van der Waals surface area contributed by atoms with E-state index in [0.29, 0.717) is 35.0 Å². The highest BCUT2D eigenvalue weighted by Gasteiger charge is 2.28. The van der Waals surface area contributed by atoms with Gasteiger partial charge in [0.1, 0.15) is 10.7 Å². The Kier molecular flexibility index (Phi) is 4.93. The summed E-state index contributed by atoms with van der Waals surface area (Å²) in [6, 6.07) is 6.34. The molecule has 0 bridgehead atoms. The highest BCUT2D eigenvalue weighted by atomic mass is 32.1. The Morgan fingerprint density at radius 3 is 3.04 bits per heavy atom. The minimum Gasteiger partial charge on any atom is -0.339 e. The molecule has 1 fully saturated rings. The second-order valence-electron chi connectivity index (χ2n) is 6.64. The molecule has 7 nitrogen and oxygen atoms in total. The largest absolute Gasteiger partial charge is 0.339 e. The van der Waals surface area contributed by atoms with Crippen molar-refractivity contribution in [1.29, 1.82) is 0 Å². The van der Waals surface area contributed by atoms with Crippen molar-refractivity contribution in [1.82, 2.24) is 24.6 Å². The van der Waals surface area contributed by atoms with E-state index in [2.05, 4.69) is 19.7 Å². The van der Waals surface area contributed by atoms with Crippen molar-refractivity contribution in [3.63, 3.8) is 0 Å². The van der Waals surface area contributed by atoms with E-state index in [1.54, 1.807) is 25.1 Å². The monoisotopic (exact) mass is 387 g/mol. The van der Waals surface area contributed by atoms with E-state index in [9.17, 15) is 9.18 Å². The van der Waals surface area contributed by atoms with Gasteiger partial charge >= 0.3 is 0 Å². The van der Waals surface area contributed by atoms with Gasteiger partial charge in [-0.05, 0) is 49.3 Å². The van der Waals surface area contributed by atoms with Crippen molar-refractivity contribution in [3.8, 4) is 11.4 Å². The van der Waals surface area contributed by atoms with Crippen LogP contribution < -0.4 is 0 Å². The first kappa shape index (κ1) is 17.7. The molecule has 1 aliphatic heterocycles. The predicted molar refractivity (Wildman–Crippen MR) is 96.7 cm³/mol. The Hall–Kier alpha value is -2.68. The number of hydrogen-bond acceptors (Lipinski definition) is 7. The zero-order valence-corrected chi connectivity index (χ0v) is 15.6. The summed E-state index contributed by atoms with van der Waals surface area (Å²) in [4.78, 5) is 19.4. The number of aromatic nitrogens is 4. The lowest BCUT2D eigenvalue weighted by molar-refractivity contribution is 0.0672. The highest BCUT2D eigenvalue weighted by molar-refractivity contribution is 7.07. The topological polar surface area (TPSA) is 85.0 Å². The Morgan fingerprint density at radius 1 is 1.41 bits per heavy atom. The lowest BCUT2D eigenvalue weighted by Gasteiger charge is -2.31. The molecule has 0 spiro atoms. The van der Waals surface area contributed by atoms with E-state index >= 15 is 0 Å². The van der Waals surface area contributed by atoms with Crippen LogP contribution in [0, 0.1) is 18.7 Å². The van der Waals surface area contributed by atoms with Gasteiger partial charge in [-0.25, -0.2) is 4.39 Å². The molecule has 3 aromatic rings. The van der Waals surface area contributed by atoms with Crippen LogP contribution in [0.1, 0.15) is 34.1 Å². The number of nitrogens with zero attached hydrogens (tertiary/aromatic N) is 5. The smallest absolute Gasteiger partial charge is 0.267 e. The first-order valence-electron chi connectivity index (χ1n) is 8.77. The minimum absolute atomic E-state index is 0.0234. The Labute approximate surface area is 159 Å². The average Bonchev–Trinajstić information content (AvgIpc) is 3.31. The van der Waals surface area contributed by atoms with Gasteiger partial charge in [0, 0.05) is 19.5 Å². The summed E-state index contributed by atoms with van der Waals surface area (Å²) >= 11 is 1.13. The van der Waals surface area contributed by atoms with E-state index in [1.165, 1.54) is 6.07 Å². The van der Waals surface area contributed by atoms with Crippen LogP contribution in [-0.4, -0.2) is 43.6 Å². The number of likely N-dealkylation sites (tertiary alicyclic amines) is 1. The number of halogens is 1. The predicted octanol–water partition coefficient (Wildman–Crippen LogP) is 3.13. The van der Waals surface area contributed by atoms with Gasteiger partial charge in [0.15, 0.2) is 0 Å². The third kappa shape index (κ3) is 3.73. The Bertz CT molecular complexity index is 957. The van der Waals surface area contributed by atoms with Crippen molar-refractivity contribution < 1.29 is 13.7 Å². The van der Waals surface area contributed by atoms with Crippen molar-refractivity contribution >= 4 is 17.4 Å². The maximum atomic E-state index is 13.9. The normalized spacial score (nSPS) is 17.3. The molecule has 1 atom stereocenters. The van der Waals surface area contributed by atoms with E-state index in [0.717, 1.165) is 30.9 Å². The number of amides is 1. The minimum atomic E-state index is -0.382. The maximum Gasteiger partial charge on any atom is 0.267 e. The number of carbonyl (C=O) groups excluding carboxylic acids is 1. The molecule has 0 aliphatic carbocycles. The van der Waals surface area contributed by atoms with E-state index in [4.69, 9.17) is 4.52 Å². The summed E-state index contributed by atoms with van der Waals surface area (Å²) in [5.74, 6) is 0.525. The third-order valence-corrected chi connectivity index (χ3v) is 5.51. The fourth-order valence-corrected chi connectivity index (χ4v) is 3.95. The van der Waals surface area contributed by atoms with Gasteiger partial charge in [0.05, 0.1) is 11.3 Å². The second kappa shape index (κ2) is 7.51. The molecule has 0 saturated carbocycles. The average molecular weight is 387 g/mol. The standard InChI is InChI=1S/C18H18FN5O2S/c1-11-16(27-23-21-11)18(25)24-8-4-5-12(10-24)9-15-20-17(22-26-15)13-6-2-3-7-14(13)19/h2-3,6-7,12H,4-5,8-10H2,1H3. The number of benzene rings is 1. The lowest BCUT2D eigenvalue weighted by Crippen LogP contribution is -2.40. The quantitative estimate of drug-likeness (QED) is 0.684. The molecule has 140 valence electrons. The number of rotatable bonds is 4. The summed E-state index contributed by atoms with van der Waals surface area (Å²) < 4.78 is 23.0. The van der Waals surface area contributed by atoms with Crippen LogP contribution in [0.4, 0.5) is 4.39 Å². The van der Waals surface area contributed by atoms with Crippen molar-refractivity contribution in [2.45, 2.75) is 26.2 Å². The van der Waals surface area contributed by atoms with Gasteiger partial charge in [-0.2, -0.15) is 4.98 Å². The summed E-state index contributed by atoms with van der Waals surface area (Å²) in [5.41, 5.74) is 0.986. The fourth-order valence-electron chi connectivity index (χ4n) is 3.32. The van der Waals surface area contributed by atoms with Crippen LogP contribution >= 0.6 is 11.5 Å². The first-order chi connectivity index (χ1) is 13.1. The van der Waals surface area contributed by atoms with Crippen molar-refractivity contribution in [2.75, 3.05) is 13.1 Å². The third-order valence-electron chi connectivity index (χ3n) is 4.70. The van der Waals surface area contributed by atoms with Crippen molar-refractivity contribution in [2.24, 2.45) is 5.92 Å². The lowest BCUT2D eigenvalue weighted by atomic mass is 9.94. The SMILES string of the molecule is Cc1nnsc1C(=O)N1CCCC(Cc2nc(-c3ccccc3F)no2)C1. The van der Waals surface area contributed by atoms with Crippen LogP contribution in [0.2, 0.25) is 0 Å². The first-order valence-corrected chi connectivity index (χ1v) is 9.55. The molecule has 2 aromatic heterocycles. The molecular weight excluding hydrogens is 369 g/mol. The van der Waals surface area contributed by atoms with Gasteiger partial charge in [-0.1, -0.05) is 21.8 Å². The maximum absolute atomic E-state index is 13.9. The van der Waals surface area contributed by atoms with Gasteiger partial charge in [-0.15, -0.1) is 5.10 Å². The number of piperidine rings is 1. The second-order valence-corrected chi connectivity index (χ2v) is 7.40. The molecule has 9 heteroatoms. The molecule has 27 heavy (non-hydrogen) atoms. The molecular formula is C18H18FN5O2S. The van der Waals surface area contributed by atoms with Crippen LogP contribution in [0.3, 0.4) is 0 Å². The molecule has 1 aromatic carbocycles. The molecule has 1 unspecified atom stereocenters. The molecule has 0 radical (unpaired) electrons. The highest BCUT2D eigenvalue weighted by Crippen LogP contribution is 2.25. The van der Waals surface area contributed by atoms with E-state index in [1.807, 2.05) is 4.90 Å². The fraction of sp³-hybridized carbons (Fsp3) is 0.389. The zero-order valence-electron chi connectivity index (χ0n) is 14.8. The van der Waals surface area contributed by atoms with Crippen molar-refractivity contribution in [3.05, 3.63) is 46.5 Å². The molecule has 0 N–H and O–H groups in total. The Balaban J connectivity index is 1.44. The van der Waals surface area contributed by atoms with Crippen LogP contribution in [0.25, 0.3) is 11.4 Å². The zero-order chi connectivity index (χ0) is 18.8. The van der Waals surface area contributed by atoms with Crippen LogP contribution in [0.5, 0.6) is 0 Å². The summed E-state index contributed by atoms with van der Waals surface area (Å²) in [7, 11) is 0. The van der Waals surface area contributed by atoms with Crippen LogP contribution in [0.15, 0.2) is 28.8 Å². The van der Waals surface area contributed by atoms with Crippen LogP contribution in [-0.2, 0) is 6.42 Å². The molecule has 1 amide bonds. The number of aryl methyl sites for hydroxylation is 1. The summed E-state index contributed by atoms with van der Waals surface area (Å²) in [5, 5.41) is 7.81. The Morgan fingerprint density at radius 2 is 2.26 bits per heavy atom. The molecule has 4 rings (SSSR count).